The van der Waals surface area contributed by atoms with Gasteiger partial charge in [0.1, 0.15) is 5.82 Å². The molecule has 0 bridgehead atoms. The molecule has 0 saturated carbocycles. The van der Waals surface area contributed by atoms with E-state index in [0.717, 1.165) is 11.6 Å². The minimum Gasteiger partial charge on any atom is -0.354 e. The van der Waals surface area contributed by atoms with Gasteiger partial charge in [0.2, 0.25) is 0 Å². The van der Waals surface area contributed by atoms with Gasteiger partial charge in [-0.3, -0.25) is 9.59 Å². The third-order valence-corrected chi connectivity index (χ3v) is 2.44. The molecule has 0 aromatic heterocycles. The van der Waals surface area contributed by atoms with Crippen LogP contribution in [0.2, 0.25) is 0 Å². The maximum Gasteiger partial charge on any atom is 0.335 e. The molecule has 1 aromatic carbocycles. The summed E-state index contributed by atoms with van der Waals surface area (Å²) in [4.78, 5) is 23.6. The Morgan fingerprint density at radius 2 is 1.83 bits per heavy atom. The van der Waals surface area contributed by atoms with E-state index in [1.807, 2.05) is 0 Å². The minimum absolute atomic E-state index is 0.307. The van der Waals surface area contributed by atoms with E-state index >= 15 is 0 Å². The van der Waals surface area contributed by atoms with Gasteiger partial charge >= 0.3 is 5.91 Å². The van der Waals surface area contributed by atoms with Crippen molar-refractivity contribution < 1.29 is 14.0 Å². The molecule has 1 aliphatic heterocycles. The number of carbonyl (C=O) groups is 2. The average Bonchev–Trinajstić information content (AvgIpc) is 2.35. The largest absolute Gasteiger partial charge is 0.354 e. The molecule has 1 heterocycles. The summed E-state index contributed by atoms with van der Waals surface area (Å²) in [7, 11) is 1.71. The van der Waals surface area contributed by atoms with E-state index in [2.05, 4.69) is 10.2 Å². The molecule has 0 saturated heterocycles. The van der Waals surface area contributed by atoms with Gasteiger partial charge in [-0.1, -0.05) is 12.1 Å². The lowest BCUT2D eigenvalue weighted by atomic mass is 10.2. The molecule has 18 heavy (non-hydrogen) atoms. The van der Waals surface area contributed by atoms with E-state index in [-0.39, 0.29) is 5.82 Å². The highest BCUT2D eigenvalue weighted by Crippen LogP contribution is 2.14. The van der Waals surface area contributed by atoms with Crippen LogP contribution in [-0.2, 0) is 16.1 Å². The van der Waals surface area contributed by atoms with Gasteiger partial charge in [0.05, 0.1) is 0 Å². The standard InChI is InChI=1S/C12H10FN3O2/c1-16(7-8-2-4-9(13)5-3-8)11-6-10(17)12(18)15-14-11/h2-6H,7H2,1H3. The molecule has 2 rings (SSSR count). The summed E-state index contributed by atoms with van der Waals surface area (Å²) in [6, 6.07) is 5.99. The number of azo groups is 1. The van der Waals surface area contributed by atoms with Crippen LogP contribution < -0.4 is 0 Å². The Labute approximate surface area is 103 Å². The second-order valence-electron chi connectivity index (χ2n) is 3.85. The summed E-state index contributed by atoms with van der Waals surface area (Å²) in [5.41, 5.74) is 0.861. The van der Waals surface area contributed by atoms with Crippen molar-refractivity contribution in [2.45, 2.75) is 6.54 Å². The molecule has 0 radical (unpaired) electrons. The third kappa shape index (κ3) is 2.65. The number of hydrogen-bond acceptors (Lipinski definition) is 4. The molecule has 6 heteroatoms. The van der Waals surface area contributed by atoms with E-state index < -0.39 is 11.7 Å². The molecule has 1 aliphatic rings. The fourth-order valence-electron chi connectivity index (χ4n) is 1.48. The molecule has 0 aliphatic carbocycles. The van der Waals surface area contributed by atoms with E-state index in [0.29, 0.717) is 12.4 Å². The monoisotopic (exact) mass is 247 g/mol. The topological polar surface area (TPSA) is 62.1 Å². The molecule has 0 N–H and O–H groups in total. The molecular weight excluding hydrogens is 237 g/mol. The average molecular weight is 247 g/mol. The molecular formula is C12H10FN3O2. The predicted molar refractivity (Wildman–Crippen MR) is 60.8 cm³/mol. The summed E-state index contributed by atoms with van der Waals surface area (Å²) >= 11 is 0. The summed E-state index contributed by atoms with van der Waals surface area (Å²) in [5, 5.41) is 6.88. The van der Waals surface area contributed by atoms with Crippen molar-refractivity contribution in [1.82, 2.24) is 4.90 Å². The highest BCUT2D eigenvalue weighted by molar-refractivity contribution is 6.41. The van der Waals surface area contributed by atoms with Crippen LogP contribution in [0.3, 0.4) is 0 Å². The maximum atomic E-state index is 12.7. The number of amides is 1. The molecule has 1 amide bonds. The number of hydrogen-bond donors (Lipinski definition) is 0. The molecule has 1 aromatic rings. The maximum absolute atomic E-state index is 12.7. The lowest BCUT2D eigenvalue weighted by Crippen LogP contribution is -2.21. The Morgan fingerprint density at radius 3 is 2.44 bits per heavy atom. The zero-order valence-electron chi connectivity index (χ0n) is 9.63. The fourth-order valence-corrected chi connectivity index (χ4v) is 1.48. The van der Waals surface area contributed by atoms with Crippen LogP contribution in [0, 0.1) is 5.82 Å². The fraction of sp³-hybridized carbons (Fsp3) is 0.167. The van der Waals surface area contributed by atoms with Gasteiger partial charge in [0, 0.05) is 19.7 Å². The van der Waals surface area contributed by atoms with Crippen LogP contribution in [0.4, 0.5) is 4.39 Å². The Kier molecular flexibility index (Phi) is 3.27. The van der Waals surface area contributed by atoms with Crippen LogP contribution >= 0.6 is 0 Å². The third-order valence-electron chi connectivity index (χ3n) is 2.44. The minimum atomic E-state index is -0.867. The van der Waals surface area contributed by atoms with Crippen molar-refractivity contribution >= 4 is 11.7 Å². The first-order valence-electron chi connectivity index (χ1n) is 5.23. The molecule has 92 valence electrons. The van der Waals surface area contributed by atoms with Gasteiger partial charge < -0.3 is 4.90 Å². The number of rotatable bonds is 3. The lowest BCUT2D eigenvalue weighted by Gasteiger charge is -2.19. The van der Waals surface area contributed by atoms with E-state index in [1.54, 1.807) is 24.1 Å². The summed E-state index contributed by atoms with van der Waals surface area (Å²) < 4.78 is 12.7. The molecule has 0 atom stereocenters. The van der Waals surface area contributed by atoms with Crippen LogP contribution in [-0.4, -0.2) is 23.6 Å². The van der Waals surface area contributed by atoms with Crippen molar-refractivity contribution in [2.75, 3.05) is 7.05 Å². The van der Waals surface area contributed by atoms with E-state index in [9.17, 15) is 14.0 Å². The van der Waals surface area contributed by atoms with Gasteiger partial charge in [0.25, 0.3) is 5.78 Å². The van der Waals surface area contributed by atoms with Crippen LogP contribution in [0.5, 0.6) is 0 Å². The summed E-state index contributed by atoms with van der Waals surface area (Å²) in [6.07, 6.45) is 1.14. The van der Waals surface area contributed by atoms with Gasteiger partial charge in [-0.25, -0.2) is 4.39 Å². The summed E-state index contributed by atoms with van der Waals surface area (Å²) in [5.74, 6) is -1.55. The zero-order chi connectivity index (χ0) is 13.1. The highest BCUT2D eigenvalue weighted by Gasteiger charge is 2.18. The van der Waals surface area contributed by atoms with Crippen molar-refractivity contribution in [1.29, 1.82) is 0 Å². The Bertz CT molecular complexity index is 549. The van der Waals surface area contributed by atoms with Crippen molar-refractivity contribution in [3.63, 3.8) is 0 Å². The van der Waals surface area contributed by atoms with Gasteiger partial charge in [-0.2, -0.15) is 0 Å². The zero-order valence-corrected chi connectivity index (χ0v) is 9.63. The van der Waals surface area contributed by atoms with Crippen LogP contribution in [0.1, 0.15) is 5.56 Å². The van der Waals surface area contributed by atoms with Crippen molar-refractivity contribution in [3.05, 3.63) is 47.5 Å². The lowest BCUT2D eigenvalue weighted by molar-refractivity contribution is -0.133. The molecule has 0 spiro atoms. The Hall–Kier alpha value is -2.37. The number of benzene rings is 1. The Morgan fingerprint density at radius 1 is 1.17 bits per heavy atom. The normalized spacial score (nSPS) is 14.7. The van der Waals surface area contributed by atoms with Gasteiger partial charge in [0.15, 0.2) is 5.82 Å². The first kappa shape index (κ1) is 12.1. The number of carbonyl (C=O) groups excluding carboxylic acids is 2. The van der Waals surface area contributed by atoms with Crippen molar-refractivity contribution in [2.24, 2.45) is 10.2 Å². The SMILES string of the molecule is CN(Cc1ccc(F)cc1)C1=CC(=O)C(=O)N=N1. The second kappa shape index (κ2) is 4.87. The molecule has 0 unspecified atom stereocenters. The van der Waals surface area contributed by atoms with Gasteiger partial charge in [-0.15, -0.1) is 10.2 Å². The first-order valence-corrected chi connectivity index (χ1v) is 5.23. The highest BCUT2D eigenvalue weighted by atomic mass is 19.1. The van der Waals surface area contributed by atoms with Crippen LogP contribution in [0.15, 0.2) is 46.4 Å². The van der Waals surface area contributed by atoms with Crippen LogP contribution in [0.25, 0.3) is 0 Å². The first-order chi connectivity index (χ1) is 8.56. The molecule has 0 fully saturated rings. The van der Waals surface area contributed by atoms with Gasteiger partial charge in [-0.05, 0) is 17.7 Å². The number of halogens is 1. The van der Waals surface area contributed by atoms with Crippen molar-refractivity contribution in [3.8, 4) is 0 Å². The number of ketones is 1. The van der Waals surface area contributed by atoms with E-state index in [4.69, 9.17) is 0 Å². The Balaban J connectivity index is 2.09. The quantitative estimate of drug-likeness (QED) is 0.763. The summed E-state index contributed by atoms with van der Waals surface area (Å²) in [6.45, 7) is 0.437. The second-order valence-corrected chi connectivity index (χ2v) is 3.85. The van der Waals surface area contributed by atoms with E-state index in [1.165, 1.54) is 12.1 Å². The predicted octanol–water partition coefficient (Wildman–Crippen LogP) is 1.66. The number of nitrogens with zero attached hydrogens (tertiary/aromatic N) is 3. The molecule has 5 nitrogen and oxygen atoms in total. The smallest absolute Gasteiger partial charge is 0.335 e.